The molecule has 0 aliphatic rings. The molecule has 7 nitrogen and oxygen atoms in total. The van der Waals surface area contributed by atoms with Gasteiger partial charge >= 0.3 is 5.97 Å². The number of carbonyl (C=O) groups is 2. The highest BCUT2D eigenvalue weighted by atomic mass is 32.1. The normalized spacial score (nSPS) is 10.1. The minimum Gasteiger partial charge on any atom is -0.451 e. The van der Waals surface area contributed by atoms with Crippen LogP contribution in [-0.2, 0) is 16.6 Å². The lowest BCUT2D eigenvalue weighted by atomic mass is 10.3. The molecule has 2 aromatic rings. The molecule has 2 aromatic heterocycles. The maximum atomic E-state index is 11.8. The Morgan fingerprint density at radius 1 is 1.50 bits per heavy atom. The molecule has 2 heterocycles. The van der Waals surface area contributed by atoms with Gasteiger partial charge in [-0.05, 0) is 19.9 Å². The summed E-state index contributed by atoms with van der Waals surface area (Å²) >= 11 is 1.10. The fourth-order valence-corrected chi connectivity index (χ4v) is 2.56. The Morgan fingerprint density at radius 2 is 2.23 bits per heavy atom. The van der Waals surface area contributed by atoms with E-state index in [-0.39, 0.29) is 4.88 Å². The van der Waals surface area contributed by atoms with Crippen LogP contribution in [0.25, 0.3) is 0 Å². The number of anilines is 1. The van der Waals surface area contributed by atoms with Gasteiger partial charge in [-0.3, -0.25) is 9.48 Å². The number of rotatable bonds is 4. The monoisotopic (exact) mass is 318 g/mol. The standard InChI is InChI=1S/C14H14N4O3S/c1-8-13(9(2)18(3)17-8)16-12(19)6-21-14(20)11-4-10(5-15)7-22-11/h4,7H,6H2,1-3H3,(H,16,19). The number of aromatic nitrogens is 2. The van der Waals surface area contributed by atoms with Gasteiger partial charge in [-0.25, -0.2) is 4.79 Å². The van der Waals surface area contributed by atoms with E-state index in [1.807, 2.05) is 13.0 Å². The summed E-state index contributed by atoms with van der Waals surface area (Å²) in [5, 5.41) is 17.1. The van der Waals surface area contributed by atoms with Crippen molar-refractivity contribution >= 4 is 28.9 Å². The molecule has 0 bridgehead atoms. The molecule has 1 N–H and O–H groups in total. The van der Waals surface area contributed by atoms with Gasteiger partial charge in [-0.15, -0.1) is 11.3 Å². The zero-order valence-electron chi connectivity index (χ0n) is 12.3. The first-order chi connectivity index (χ1) is 10.4. The molecule has 0 unspecified atom stereocenters. The molecule has 0 saturated heterocycles. The van der Waals surface area contributed by atoms with E-state index in [1.54, 1.807) is 24.0 Å². The molecule has 114 valence electrons. The van der Waals surface area contributed by atoms with Crippen LogP contribution in [0.3, 0.4) is 0 Å². The number of nitriles is 1. The van der Waals surface area contributed by atoms with Crippen molar-refractivity contribution in [1.29, 1.82) is 5.26 Å². The summed E-state index contributed by atoms with van der Waals surface area (Å²) in [6.07, 6.45) is 0. The Hall–Kier alpha value is -2.66. The van der Waals surface area contributed by atoms with E-state index in [0.717, 1.165) is 17.0 Å². The maximum Gasteiger partial charge on any atom is 0.348 e. The highest BCUT2D eigenvalue weighted by Crippen LogP contribution is 2.18. The Bertz CT molecular complexity index is 770. The predicted octanol–water partition coefficient (Wildman–Crippen LogP) is 1.77. The summed E-state index contributed by atoms with van der Waals surface area (Å²) in [7, 11) is 1.78. The summed E-state index contributed by atoms with van der Waals surface area (Å²) < 4.78 is 6.59. The lowest BCUT2D eigenvalue weighted by molar-refractivity contribution is -0.119. The summed E-state index contributed by atoms with van der Waals surface area (Å²) in [4.78, 5) is 23.9. The van der Waals surface area contributed by atoms with Crippen molar-refractivity contribution in [3.05, 3.63) is 33.3 Å². The maximum absolute atomic E-state index is 11.8. The molecule has 0 spiro atoms. The van der Waals surface area contributed by atoms with E-state index in [1.165, 1.54) is 6.07 Å². The lowest BCUT2D eigenvalue weighted by Crippen LogP contribution is -2.21. The fourth-order valence-electron chi connectivity index (χ4n) is 1.83. The van der Waals surface area contributed by atoms with Gasteiger partial charge in [0, 0.05) is 12.4 Å². The van der Waals surface area contributed by atoms with Crippen LogP contribution in [0.5, 0.6) is 0 Å². The molecule has 0 aliphatic carbocycles. The van der Waals surface area contributed by atoms with Crippen LogP contribution < -0.4 is 5.32 Å². The van der Waals surface area contributed by atoms with E-state index in [4.69, 9.17) is 10.00 Å². The average molecular weight is 318 g/mol. The highest BCUT2D eigenvalue weighted by molar-refractivity contribution is 7.12. The van der Waals surface area contributed by atoms with Gasteiger partial charge in [0.2, 0.25) is 0 Å². The first-order valence-corrected chi connectivity index (χ1v) is 7.26. The number of nitrogens with one attached hydrogen (secondary N) is 1. The van der Waals surface area contributed by atoms with Crippen molar-refractivity contribution < 1.29 is 14.3 Å². The zero-order valence-corrected chi connectivity index (χ0v) is 13.2. The number of thiophene rings is 1. The van der Waals surface area contributed by atoms with Crippen molar-refractivity contribution in [2.45, 2.75) is 13.8 Å². The number of hydrogen-bond acceptors (Lipinski definition) is 6. The number of amides is 1. The Labute approximate surface area is 131 Å². The number of carbonyl (C=O) groups excluding carboxylic acids is 2. The van der Waals surface area contributed by atoms with Crippen molar-refractivity contribution in [1.82, 2.24) is 9.78 Å². The topological polar surface area (TPSA) is 97.0 Å². The lowest BCUT2D eigenvalue weighted by Gasteiger charge is -2.06. The SMILES string of the molecule is Cc1nn(C)c(C)c1NC(=O)COC(=O)c1cc(C#N)cs1. The Balaban J connectivity index is 1.93. The molecule has 0 fully saturated rings. The summed E-state index contributed by atoms with van der Waals surface area (Å²) in [5.41, 5.74) is 2.51. The molecule has 0 atom stereocenters. The molecule has 0 aliphatic heterocycles. The van der Waals surface area contributed by atoms with E-state index in [9.17, 15) is 9.59 Å². The van der Waals surface area contributed by atoms with Gasteiger partial charge in [0.1, 0.15) is 10.9 Å². The van der Waals surface area contributed by atoms with Crippen molar-refractivity contribution in [3.8, 4) is 6.07 Å². The predicted molar refractivity (Wildman–Crippen MR) is 80.6 cm³/mol. The van der Waals surface area contributed by atoms with E-state index < -0.39 is 18.5 Å². The van der Waals surface area contributed by atoms with Crippen LogP contribution in [0.1, 0.15) is 26.6 Å². The van der Waals surface area contributed by atoms with Crippen LogP contribution in [0, 0.1) is 25.2 Å². The molecular formula is C14H14N4O3S. The van der Waals surface area contributed by atoms with Gasteiger partial charge in [0.25, 0.3) is 5.91 Å². The summed E-state index contributed by atoms with van der Waals surface area (Å²) in [5.74, 6) is -1.06. The van der Waals surface area contributed by atoms with Crippen LogP contribution in [0.4, 0.5) is 5.69 Å². The minimum atomic E-state index is -0.624. The molecule has 0 saturated carbocycles. The Kier molecular flexibility index (Phi) is 4.58. The first kappa shape index (κ1) is 15.7. The van der Waals surface area contributed by atoms with Crippen molar-refractivity contribution in [2.75, 3.05) is 11.9 Å². The van der Waals surface area contributed by atoms with Crippen LogP contribution in [0.2, 0.25) is 0 Å². The number of aryl methyl sites for hydroxylation is 2. The molecule has 0 radical (unpaired) electrons. The van der Waals surface area contributed by atoms with Crippen LogP contribution >= 0.6 is 11.3 Å². The van der Waals surface area contributed by atoms with Crippen molar-refractivity contribution in [3.63, 3.8) is 0 Å². The second-order valence-electron chi connectivity index (χ2n) is 4.61. The number of esters is 1. The summed E-state index contributed by atoms with van der Waals surface area (Å²) in [6, 6.07) is 3.36. The van der Waals surface area contributed by atoms with E-state index in [0.29, 0.717) is 16.9 Å². The van der Waals surface area contributed by atoms with Crippen LogP contribution in [0.15, 0.2) is 11.4 Å². The minimum absolute atomic E-state index is 0.290. The molecular weight excluding hydrogens is 304 g/mol. The number of nitrogens with zero attached hydrogens (tertiary/aromatic N) is 3. The summed E-state index contributed by atoms with van der Waals surface area (Å²) in [6.45, 7) is 3.22. The average Bonchev–Trinajstić information content (AvgIpc) is 3.06. The smallest absolute Gasteiger partial charge is 0.348 e. The molecule has 0 aromatic carbocycles. The Morgan fingerprint density at radius 3 is 2.77 bits per heavy atom. The molecule has 8 heteroatoms. The quantitative estimate of drug-likeness (QED) is 0.866. The third-order valence-electron chi connectivity index (χ3n) is 3.04. The second kappa shape index (κ2) is 6.41. The largest absolute Gasteiger partial charge is 0.451 e. The molecule has 2 rings (SSSR count). The third kappa shape index (κ3) is 3.32. The number of ether oxygens (including phenoxy) is 1. The second-order valence-corrected chi connectivity index (χ2v) is 5.52. The van der Waals surface area contributed by atoms with E-state index >= 15 is 0 Å². The van der Waals surface area contributed by atoms with Crippen LogP contribution in [-0.4, -0.2) is 28.3 Å². The van der Waals surface area contributed by atoms with E-state index in [2.05, 4.69) is 10.4 Å². The molecule has 1 amide bonds. The zero-order chi connectivity index (χ0) is 16.3. The van der Waals surface area contributed by atoms with Crippen molar-refractivity contribution in [2.24, 2.45) is 7.05 Å². The van der Waals surface area contributed by atoms with Gasteiger partial charge in [0.05, 0.1) is 22.6 Å². The van der Waals surface area contributed by atoms with Gasteiger partial charge in [-0.2, -0.15) is 10.4 Å². The highest BCUT2D eigenvalue weighted by Gasteiger charge is 2.15. The first-order valence-electron chi connectivity index (χ1n) is 6.38. The van der Waals surface area contributed by atoms with Gasteiger partial charge in [0.15, 0.2) is 6.61 Å². The number of hydrogen-bond donors (Lipinski definition) is 1. The van der Waals surface area contributed by atoms with Gasteiger partial charge in [-0.1, -0.05) is 0 Å². The third-order valence-corrected chi connectivity index (χ3v) is 3.95. The fraction of sp³-hybridized carbons (Fsp3) is 0.286. The van der Waals surface area contributed by atoms with Gasteiger partial charge < -0.3 is 10.1 Å². The molecule has 22 heavy (non-hydrogen) atoms.